The van der Waals surface area contributed by atoms with Crippen LogP contribution in [0.2, 0.25) is 0 Å². The molecule has 0 atom stereocenters. The Bertz CT molecular complexity index is 641. The van der Waals surface area contributed by atoms with Gasteiger partial charge in [-0.2, -0.15) is 0 Å². The van der Waals surface area contributed by atoms with Gasteiger partial charge in [0, 0.05) is 19.5 Å². The molecule has 0 unspecified atom stereocenters. The lowest BCUT2D eigenvalue weighted by atomic mass is 10.1. The molecule has 0 fully saturated rings. The summed E-state index contributed by atoms with van der Waals surface area (Å²) in [4.78, 5) is 14.4. The van der Waals surface area contributed by atoms with Gasteiger partial charge >= 0.3 is 0 Å². The van der Waals surface area contributed by atoms with Crippen molar-refractivity contribution in [2.45, 2.75) is 17.3 Å². The molecular formula is C19H19Cl2NO. The highest BCUT2D eigenvalue weighted by Gasteiger charge is 2.37. The fourth-order valence-electron chi connectivity index (χ4n) is 2.34. The first kappa shape index (κ1) is 17.6. The zero-order valence-corrected chi connectivity index (χ0v) is 14.3. The number of carbonyl (C=O) groups is 1. The highest BCUT2D eigenvalue weighted by Crippen LogP contribution is 2.29. The predicted octanol–water partition coefficient (Wildman–Crippen LogP) is 4.62. The second-order valence-corrected chi connectivity index (χ2v) is 6.81. The lowest BCUT2D eigenvalue weighted by Gasteiger charge is -2.28. The van der Waals surface area contributed by atoms with Gasteiger partial charge < -0.3 is 4.90 Å². The average molecular weight is 348 g/mol. The van der Waals surface area contributed by atoms with Crippen molar-refractivity contribution in [3.8, 4) is 0 Å². The van der Waals surface area contributed by atoms with E-state index in [9.17, 15) is 4.79 Å². The minimum atomic E-state index is -1.50. The Kier molecular flexibility index (Phi) is 6.26. The number of alkyl halides is 2. The molecule has 4 heteroatoms. The van der Waals surface area contributed by atoms with Gasteiger partial charge in [-0.3, -0.25) is 4.79 Å². The molecule has 2 aromatic rings. The molecule has 2 aromatic carbocycles. The second-order valence-electron chi connectivity index (χ2n) is 5.33. The largest absolute Gasteiger partial charge is 0.332 e. The van der Waals surface area contributed by atoms with E-state index in [0.717, 1.165) is 11.1 Å². The lowest BCUT2D eigenvalue weighted by molar-refractivity contribution is -0.132. The van der Waals surface area contributed by atoms with Gasteiger partial charge in [0.25, 0.3) is 5.91 Å². The van der Waals surface area contributed by atoms with Crippen LogP contribution in [0.4, 0.5) is 0 Å². The van der Waals surface area contributed by atoms with E-state index in [1.807, 2.05) is 60.7 Å². The highest BCUT2D eigenvalue weighted by molar-refractivity contribution is 6.58. The van der Waals surface area contributed by atoms with E-state index in [1.54, 1.807) is 11.0 Å². The summed E-state index contributed by atoms with van der Waals surface area (Å²) in [6, 6.07) is 19.2. The lowest BCUT2D eigenvalue weighted by Crippen LogP contribution is -2.43. The van der Waals surface area contributed by atoms with E-state index in [4.69, 9.17) is 23.2 Å². The third-order valence-corrected chi connectivity index (χ3v) is 4.03. The molecule has 0 heterocycles. The minimum Gasteiger partial charge on any atom is -0.332 e. The van der Waals surface area contributed by atoms with Gasteiger partial charge in [0.05, 0.1) is 0 Å². The number of hydrogen-bond donors (Lipinski definition) is 0. The van der Waals surface area contributed by atoms with Crippen LogP contribution in [0.1, 0.15) is 11.1 Å². The fraction of sp³-hybridized carbons (Fsp3) is 0.211. The smallest absolute Gasteiger partial charge is 0.259 e. The molecule has 0 N–H and O–H groups in total. The number of hydrogen-bond acceptors (Lipinski definition) is 1. The molecule has 0 aliphatic carbocycles. The van der Waals surface area contributed by atoms with Crippen molar-refractivity contribution in [2.24, 2.45) is 0 Å². The van der Waals surface area contributed by atoms with Crippen molar-refractivity contribution in [1.82, 2.24) is 4.90 Å². The third-order valence-electron chi connectivity index (χ3n) is 3.43. The van der Waals surface area contributed by atoms with Gasteiger partial charge in [-0.05, 0) is 11.1 Å². The number of carbonyl (C=O) groups excluding carboxylic acids is 1. The summed E-state index contributed by atoms with van der Waals surface area (Å²) in [6.07, 6.45) is 1.94. The third kappa shape index (κ3) is 5.12. The van der Waals surface area contributed by atoms with E-state index < -0.39 is 4.33 Å². The molecule has 0 spiro atoms. The summed E-state index contributed by atoms with van der Waals surface area (Å²) in [7, 11) is 0. The molecule has 0 aromatic heterocycles. The van der Waals surface area contributed by atoms with Gasteiger partial charge in [0.15, 0.2) is 4.33 Å². The maximum Gasteiger partial charge on any atom is 0.259 e. The summed E-state index contributed by atoms with van der Waals surface area (Å²) < 4.78 is -1.50. The van der Waals surface area contributed by atoms with Crippen LogP contribution in [-0.4, -0.2) is 21.7 Å². The van der Waals surface area contributed by atoms with E-state index in [2.05, 4.69) is 6.58 Å². The quantitative estimate of drug-likeness (QED) is 0.528. The fourth-order valence-corrected chi connectivity index (χ4v) is 2.89. The second kappa shape index (κ2) is 8.19. The van der Waals surface area contributed by atoms with Crippen molar-refractivity contribution >= 4 is 29.1 Å². The first-order valence-electron chi connectivity index (χ1n) is 7.39. The zero-order valence-electron chi connectivity index (χ0n) is 12.8. The SMILES string of the molecule is C=CCN(Cc1ccccc1)C(=O)C(Cl)(Cl)Cc1ccccc1. The number of amides is 1. The zero-order chi connectivity index (χ0) is 16.7. The molecular weight excluding hydrogens is 329 g/mol. The Morgan fingerprint density at radius 1 is 1.00 bits per heavy atom. The summed E-state index contributed by atoms with van der Waals surface area (Å²) in [5, 5.41) is 0. The van der Waals surface area contributed by atoms with Crippen LogP contribution in [-0.2, 0) is 17.8 Å². The van der Waals surface area contributed by atoms with Gasteiger partial charge in [-0.25, -0.2) is 0 Å². The summed E-state index contributed by atoms with van der Waals surface area (Å²) in [5.74, 6) is -0.312. The first-order valence-corrected chi connectivity index (χ1v) is 8.14. The van der Waals surface area contributed by atoms with Gasteiger partial charge in [0.2, 0.25) is 0 Å². The molecule has 23 heavy (non-hydrogen) atoms. The van der Waals surface area contributed by atoms with Crippen LogP contribution < -0.4 is 0 Å². The van der Waals surface area contributed by atoms with E-state index in [1.165, 1.54) is 0 Å². The molecule has 2 nitrogen and oxygen atoms in total. The number of benzene rings is 2. The minimum absolute atomic E-state index is 0.262. The Morgan fingerprint density at radius 3 is 2.04 bits per heavy atom. The van der Waals surface area contributed by atoms with Crippen molar-refractivity contribution in [3.05, 3.63) is 84.4 Å². The summed E-state index contributed by atoms with van der Waals surface area (Å²) in [6.45, 7) is 4.55. The topological polar surface area (TPSA) is 20.3 Å². The van der Waals surface area contributed by atoms with Crippen molar-refractivity contribution in [3.63, 3.8) is 0 Å². The normalized spacial score (nSPS) is 11.0. The Morgan fingerprint density at radius 2 is 1.52 bits per heavy atom. The molecule has 0 saturated carbocycles. The predicted molar refractivity (Wildman–Crippen MR) is 96.6 cm³/mol. The van der Waals surface area contributed by atoms with Crippen molar-refractivity contribution < 1.29 is 4.79 Å². The molecule has 0 aliphatic rings. The highest BCUT2D eigenvalue weighted by atomic mass is 35.5. The summed E-state index contributed by atoms with van der Waals surface area (Å²) >= 11 is 12.7. The maximum absolute atomic E-state index is 12.8. The van der Waals surface area contributed by atoms with Gasteiger partial charge in [0.1, 0.15) is 0 Å². The molecule has 0 bridgehead atoms. The number of halogens is 2. The first-order chi connectivity index (χ1) is 11.0. The van der Waals surface area contributed by atoms with Crippen molar-refractivity contribution in [2.75, 3.05) is 6.54 Å². The van der Waals surface area contributed by atoms with Gasteiger partial charge in [-0.15, -0.1) is 6.58 Å². The molecule has 0 saturated heterocycles. The molecule has 1 amide bonds. The molecule has 2 rings (SSSR count). The van der Waals surface area contributed by atoms with Crippen LogP contribution in [0, 0.1) is 0 Å². The van der Waals surface area contributed by atoms with Crippen LogP contribution in [0.25, 0.3) is 0 Å². The molecule has 120 valence electrons. The summed E-state index contributed by atoms with van der Waals surface area (Å²) in [5.41, 5.74) is 1.94. The van der Waals surface area contributed by atoms with E-state index in [0.29, 0.717) is 13.1 Å². The molecule has 0 radical (unpaired) electrons. The average Bonchev–Trinajstić information content (AvgIpc) is 2.55. The maximum atomic E-state index is 12.8. The van der Waals surface area contributed by atoms with E-state index in [-0.39, 0.29) is 12.3 Å². The Balaban J connectivity index is 2.13. The Labute approximate surface area is 147 Å². The van der Waals surface area contributed by atoms with E-state index >= 15 is 0 Å². The van der Waals surface area contributed by atoms with Crippen LogP contribution >= 0.6 is 23.2 Å². The molecule has 0 aliphatic heterocycles. The van der Waals surface area contributed by atoms with Crippen molar-refractivity contribution in [1.29, 1.82) is 0 Å². The van der Waals surface area contributed by atoms with Crippen LogP contribution in [0.3, 0.4) is 0 Å². The standard InChI is InChI=1S/C19H19Cl2NO/c1-2-13-22(15-17-11-7-4-8-12-17)18(23)19(20,21)14-16-9-5-3-6-10-16/h2-12H,1,13-15H2. The van der Waals surface area contributed by atoms with Crippen LogP contribution in [0.15, 0.2) is 73.3 Å². The van der Waals surface area contributed by atoms with Crippen LogP contribution in [0.5, 0.6) is 0 Å². The number of rotatable bonds is 7. The van der Waals surface area contributed by atoms with Gasteiger partial charge in [-0.1, -0.05) is 89.9 Å². The Hall–Kier alpha value is -1.77. The monoisotopic (exact) mass is 347 g/mol. The number of nitrogens with zero attached hydrogens (tertiary/aromatic N) is 1.